The van der Waals surface area contributed by atoms with Gasteiger partial charge >= 0.3 is 0 Å². The molecule has 0 saturated heterocycles. The monoisotopic (exact) mass is 207 g/mol. The minimum atomic E-state index is -0.0433. The van der Waals surface area contributed by atoms with E-state index in [0.29, 0.717) is 0 Å². The third-order valence-electron chi connectivity index (χ3n) is 2.25. The zero-order chi connectivity index (χ0) is 11.1. The van der Waals surface area contributed by atoms with Gasteiger partial charge in [0.2, 0.25) is 0 Å². The van der Waals surface area contributed by atoms with Crippen LogP contribution in [0.1, 0.15) is 32.3 Å². The van der Waals surface area contributed by atoms with Crippen molar-refractivity contribution in [2.45, 2.75) is 38.8 Å². The second-order valence-electron chi connectivity index (χ2n) is 4.62. The molecule has 0 saturated carbocycles. The van der Waals surface area contributed by atoms with Gasteiger partial charge in [-0.3, -0.25) is 4.98 Å². The molecule has 0 aliphatic rings. The molecule has 1 aromatic heterocycles. The maximum atomic E-state index is 5.89. The van der Waals surface area contributed by atoms with Crippen LogP contribution in [0.3, 0.4) is 0 Å². The van der Waals surface area contributed by atoms with Crippen LogP contribution >= 0.6 is 0 Å². The Bertz CT molecular complexity index is 264. The number of hydrogen-bond donors (Lipinski definition) is 2. The number of nitrogens with two attached hydrogens (primary N) is 1. The number of hydrogen-bond acceptors (Lipinski definition) is 3. The molecule has 0 radical (unpaired) electrons. The summed E-state index contributed by atoms with van der Waals surface area (Å²) in [6.07, 6.45) is 5.81. The Morgan fingerprint density at radius 2 is 2.00 bits per heavy atom. The highest BCUT2D eigenvalue weighted by Gasteiger charge is 2.08. The Morgan fingerprint density at radius 1 is 1.33 bits per heavy atom. The van der Waals surface area contributed by atoms with Crippen LogP contribution in [0.2, 0.25) is 0 Å². The average molecular weight is 207 g/mol. The van der Waals surface area contributed by atoms with Crippen molar-refractivity contribution in [3.63, 3.8) is 0 Å². The lowest BCUT2D eigenvalue weighted by Crippen LogP contribution is -2.32. The molecule has 0 aliphatic heterocycles. The van der Waals surface area contributed by atoms with Gasteiger partial charge in [0.15, 0.2) is 0 Å². The first-order chi connectivity index (χ1) is 7.08. The van der Waals surface area contributed by atoms with Crippen LogP contribution in [0.25, 0.3) is 0 Å². The fourth-order valence-corrected chi connectivity index (χ4v) is 1.40. The number of pyridine rings is 1. The van der Waals surface area contributed by atoms with Crippen LogP contribution in [-0.4, -0.2) is 17.1 Å². The molecule has 15 heavy (non-hydrogen) atoms. The molecule has 0 unspecified atom stereocenters. The Labute approximate surface area is 92.1 Å². The minimum absolute atomic E-state index is 0.0433. The quantitative estimate of drug-likeness (QED) is 0.698. The van der Waals surface area contributed by atoms with Crippen molar-refractivity contribution in [2.24, 2.45) is 5.73 Å². The second kappa shape index (κ2) is 5.83. The van der Waals surface area contributed by atoms with E-state index in [9.17, 15) is 0 Å². The summed E-state index contributed by atoms with van der Waals surface area (Å²) in [5, 5.41) is 3.39. The highest BCUT2D eigenvalue weighted by molar-refractivity contribution is 5.08. The molecule has 1 rings (SSSR count). The first kappa shape index (κ1) is 12.1. The number of nitrogens with zero attached hydrogens (tertiary/aromatic N) is 1. The minimum Gasteiger partial charge on any atom is -0.326 e. The number of rotatable bonds is 6. The summed E-state index contributed by atoms with van der Waals surface area (Å²) in [5.74, 6) is 0. The zero-order valence-electron chi connectivity index (χ0n) is 9.66. The Hall–Kier alpha value is -0.930. The molecular weight excluding hydrogens is 186 g/mol. The molecule has 0 amide bonds. The summed E-state index contributed by atoms with van der Waals surface area (Å²) in [4.78, 5) is 3.98. The van der Waals surface area contributed by atoms with Crippen molar-refractivity contribution in [3.8, 4) is 0 Å². The molecular formula is C12H21N3. The predicted octanol–water partition coefficient (Wildman–Crippen LogP) is 1.69. The number of nitrogens with one attached hydrogen (secondary N) is 1. The Morgan fingerprint density at radius 3 is 2.60 bits per heavy atom. The summed E-state index contributed by atoms with van der Waals surface area (Å²) in [6, 6.07) is 4.06. The average Bonchev–Trinajstić information content (AvgIpc) is 2.17. The van der Waals surface area contributed by atoms with Crippen LogP contribution in [0.4, 0.5) is 0 Å². The lowest BCUT2D eigenvalue weighted by atomic mass is 10.0. The van der Waals surface area contributed by atoms with Crippen LogP contribution in [0.15, 0.2) is 24.5 Å². The largest absolute Gasteiger partial charge is 0.326 e. The standard InChI is InChI=1S/C12H21N3/c1-12(2,13)6-3-7-15-10-11-4-8-14-9-5-11/h4-5,8-9,15H,3,6-7,10,13H2,1-2H3. The first-order valence-corrected chi connectivity index (χ1v) is 5.46. The van der Waals surface area contributed by atoms with Gasteiger partial charge in [0.25, 0.3) is 0 Å². The molecule has 3 nitrogen and oxygen atoms in total. The molecule has 1 aromatic rings. The zero-order valence-corrected chi connectivity index (χ0v) is 9.66. The van der Waals surface area contributed by atoms with E-state index in [1.165, 1.54) is 5.56 Å². The third-order valence-corrected chi connectivity index (χ3v) is 2.25. The van der Waals surface area contributed by atoms with E-state index in [1.54, 1.807) is 0 Å². The Kier molecular flexibility index (Phi) is 4.72. The molecule has 1 heterocycles. The predicted molar refractivity (Wildman–Crippen MR) is 63.4 cm³/mol. The van der Waals surface area contributed by atoms with Crippen molar-refractivity contribution in [2.75, 3.05) is 6.54 Å². The van der Waals surface area contributed by atoms with Gasteiger partial charge in [0, 0.05) is 24.5 Å². The molecule has 3 heteroatoms. The highest BCUT2D eigenvalue weighted by Crippen LogP contribution is 2.05. The lowest BCUT2D eigenvalue weighted by molar-refractivity contribution is 0.448. The molecule has 0 atom stereocenters. The molecule has 0 spiro atoms. The topological polar surface area (TPSA) is 50.9 Å². The smallest absolute Gasteiger partial charge is 0.0271 e. The summed E-state index contributed by atoms with van der Waals surface area (Å²) in [7, 11) is 0. The van der Waals surface area contributed by atoms with E-state index < -0.39 is 0 Å². The fraction of sp³-hybridized carbons (Fsp3) is 0.583. The van der Waals surface area contributed by atoms with E-state index in [2.05, 4.69) is 24.1 Å². The van der Waals surface area contributed by atoms with Gasteiger partial charge in [-0.2, -0.15) is 0 Å². The van der Waals surface area contributed by atoms with E-state index >= 15 is 0 Å². The summed E-state index contributed by atoms with van der Waals surface area (Å²) >= 11 is 0. The van der Waals surface area contributed by atoms with Crippen molar-refractivity contribution < 1.29 is 0 Å². The molecule has 0 fully saturated rings. The second-order valence-corrected chi connectivity index (χ2v) is 4.62. The van der Waals surface area contributed by atoms with Gasteiger partial charge in [-0.15, -0.1) is 0 Å². The van der Waals surface area contributed by atoms with E-state index in [-0.39, 0.29) is 5.54 Å². The van der Waals surface area contributed by atoms with E-state index in [0.717, 1.165) is 25.9 Å². The summed E-state index contributed by atoms with van der Waals surface area (Å²) in [5.41, 5.74) is 7.12. The lowest BCUT2D eigenvalue weighted by Gasteiger charge is -2.17. The van der Waals surface area contributed by atoms with Crippen molar-refractivity contribution >= 4 is 0 Å². The van der Waals surface area contributed by atoms with Gasteiger partial charge in [-0.25, -0.2) is 0 Å². The summed E-state index contributed by atoms with van der Waals surface area (Å²) < 4.78 is 0. The molecule has 0 aliphatic carbocycles. The van der Waals surface area contributed by atoms with E-state index in [4.69, 9.17) is 5.73 Å². The van der Waals surface area contributed by atoms with E-state index in [1.807, 2.05) is 24.5 Å². The van der Waals surface area contributed by atoms with Crippen LogP contribution in [0.5, 0.6) is 0 Å². The molecule has 0 bridgehead atoms. The normalized spacial score (nSPS) is 11.7. The third kappa shape index (κ3) is 6.20. The maximum Gasteiger partial charge on any atom is 0.0271 e. The van der Waals surface area contributed by atoms with Crippen LogP contribution in [-0.2, 0) is 6.54 Å². The van der Waals surface area contributed by atoms with Gasteiger partial charge in [-0.05, 0) is 50.9 Å². The molecule has 0 aromatic carbocycles. The van der Waals surface area contributed by atoms with Crippen LogP contribution < -0.4 is 11.1 Å². The molecule has 84 valence electrons. The number of aromatic nitrogens is 1. The molecule has 3 N–H and O–H groups in total. The van der Waals surface area contributed by atoms with Crippen molar-refractivity contribution in [1.29, 1.82) is 0 Å². The van der Waals surface area contributed by atoms with Gasteiger partial charge in [0.05, 0.1) is 0 Å². The van der Waals surface area contributed by atoms with Crippen molar-refractivity contribution in [3.05, 3.63) is 30.1 Å². The van der Waals surface area contributed by atoms with Gasteiger partial charge in [0.1, 0.15) is 0 Å². The summed E-state index contributed by atoms with van der Waals surface area (Å²) in [6.45, 7) is 6.06. The first-order valence-electron chi connectivity index (χ1n) is 5.46. The highest BCUT2D eigenvalue weighted by atomic mass is 14.8. The Balaban J connectivity index is 2.08. The van der Waals surface area contributed by atoms with Crippen LogP contribution in [0, 0.1) is 0 Å². The van der Waals surface area contributed by atoms with Gasteiger partial charge in [-0.1, -0.05) is 0 Å². The fourth-order valence-electron chi connectivity index (χ4n) is 1.40. The SMILES string of the molecule is CC(C)(N)CCCNCc1ccncc1. The van der Waals surface area contributed by atoms with Gasteiger partial charge < -0.3 is 11.1 Å². The maximum absolute atomic E-state index is 5.89. The van der Waals surface area contributed by atoms with Crippen molar-refractivity contribution in [1.82, 2.24) is 10.3 Å².